The van der Waals surface area contributed by atoms with Crippen LogP contribution in [0.2, 0.25) is 0 Å². The number of hydrogen-bond donors (Lipinski definition) is 0. The lowest BCUT2D eigenvalue weighted by molar-refractivity contribution is -0.577. The molecule has 0 spiro atoms. The number of hydrogen-bond acceptors (Lipinski definition) is 3. The summed E-state index contributed by atoms with van der Waals surface area (Å²) in [5.74, 6) is 0. The number of sulfone groups is 1. The quantitative estimate of drug-likeness (QED) is 0.532. The third-order valence-corrected chi connectivity index (χ3v) is 3.32. The highest BCUT2D eigenvalue weighted by Crippen LogP contribution is 2.19. The van der Waals surface area contributed by atoms with E-state index in [0.29, 0.717) is 15.6 Å². The van der Waals surface area contributed by atoms with Gasteiger partial charge in [-0.3, -0.25) is 0 Å². The Morgan fingerprint density at radius 1 is 1.20 bits per heavy atom. The fourth-order valence-electron chi connectivity index (χ4n) is 1.50. The zero-order valence-corrected chi connectivity index (χ0v) is 8.86. The Hall–Kier alpha value is -1.62. The second-order valence-corrected chi connectivity index (χ2v) is 5.28. The number of benzene rings is 1. The van der Waals surface area contributed by atoms with Crippen LogP contribution < -0.4 is 4.73 Å². The average molecular weight is 223 g/mol. The van der Waals surface area contributed by atoms with Crippen LogP contribution in [-0.4, -0.2) is 14.7 Å². The van der Waals surface area contributed by atoms with E-state index in [1.165, 1.54) is 12.3 Å². The molecule has 0 aliphatic heterocycles. The maximum atomic E-state index is 11.4. The predicted octanol–water partition coefficient (Wildman–Crippen LogP) is 0.877. The molecule has 1 aromatic carbocycles. The van der Waals surface area contributed by atoms with Crippen molar-refractivity contribution in [3.63, 3.8) is 0 Å². The molecule has 1 heterocycles. The van der Waals surface area contributed by atoms with E-state index in [2.05, 4.69) is 0 Å². The van der Waals surface area contributed by atoms with Crippen LogP contribution in [0.5, 0.6) is 0 Å². The third kappa shape index (κ3) is 1.66. The first-order valence-electron chi connectivity index (χ1n) is 4.31. The number of nitrogens with zero attached hydrogens (tertiary/aromatic N) is 1. The van der Waals surface area contributed by atoms with E-state index in [9.17, 15) is 13.6 Å². The van der Waals surface area contributed by atoms with E-state index in [1.54, 1.807) is 24.3 Å². The monoisotopic (exact) mass is 223 g/mol. The smallest absolute Gasteiger partial charge is 0.225 e. The minimum atomic E-state index is -3.30. The Morgan fingerprint density at radius 3 is 2.53 bits per heavy atom. The molecule has 0 atom stereocenters. The van der Waals surface area contributed by atoms with E-state index < -0.39 is 9.84 Å². The Balaban J connectivity index is 2.96. The molecule has 0 aliphatic rings. The van der Waals surface area contributed by atoms with Gasteiger partial charge in [0, 0.05) is 18.4 Å². The molecule has 0 fully saturated rings. The highest BCUT2D eigenvalue weighted by atomic mass is 32.2. The number of fused-ring (bicyclic) bond motifs is 1. The van der Waals surface area contributed by atoms with Gasteiger partial charge in [-0.05, 0) is 6.07 Å². The molecule has 0 radical (unpaired) electrons. The van der Waals surface area contributed by atoms with Crippen molar-refractivity contribution in [1.82, 2.24) is 0 Å². The zero-order valence-electron chi connectivity index (χ0n) is 8.04. The summed E-state index contributed by atoms with van der Waals surface area (Å²) in [6.07, 6.45) is 2.34. The summed E-state index contributed by atoms with van der Waals surface area (Å²) < 4.78 is 23.6. The molecular formula is C10H9NO3S. The van der Waals surface area contributed by atoms with Gasteiger partial charge in [0.15, 0.2) is 16.0 Å². The summed E-state index contributed by atoms with van der Waals surface area (Å²) in [7, 11) is -3.30. The average Bonchev–Trinajstić information content (AvgIpc) is 2.17. The Bertz CT molecular complexity index is 620. The van der Waals surface area contributed by atoms with Gasteiger partial charge in [-0.2, -0.15) is 4.73 Å². The number of pyridine rings is 1. The minimum Gasteiger partial charge on any atom is -0.618 e. The molecular weight excluding hydrogens is 214 g/mol. The largest absolute Gasteiger partial charge is 0.618 e. The molecule has 0 saturated heterocycles. The maximum absolute atomic E-state index is 11.4. The number of rotatable bonds is 1. The maximum Gasteiger partial charge on any atom is 0.225 e. The van der Waals surface area contributed by atoms with Crippen molar-refractivity contribution >= 4 is 20.7 Å². The molecule has 1 aromatic heterocycles. The molecule has 2 rings (SSSR count). The van der Waals surface area contributed by atoms with E-state index in [1.807, 2.05) is 0 Å². The van der Waals surface area contributed by atoms with Crippen LogP contribution in [-0.2, 0) is 9.84 Å². The van der Waals surface area contributed by atoms with Gasteiger partial charge in [0.25, 0.3) is 0 Å². The van der Waals surface area contributed by atoms with Crippen LogP contribution >= 0.6 is 0 Å². The second kappa shape index (κ2) is 3.20. The lowest BCUT2D eigenvalue weighted by atomic mass is 10.2. The van der Waals surface area contributed by atoms with Gasteiger partial charge >= 0.3 is 0 Å². The van der Waals surface area contributed by atoms with Crippen molar-refractivity contribution in [2.45, 2.75) is 4.90 Å². The molecule has 0 bridgehead atoms. The van der Waals surface area contributed by atoms with Gasteiger partial charge in [0.05, 0.1) is 10.3 Å². The molecule has 4 nitrogen and oxygen atoms in total. The first-order valence-corrected chi connectivity index (χ1v) is 6.20. The zero-order chi connectivity index (χ0) is 11.1. The highest BCUT2D eigenvalue weighted by molar-refractivity contribution is 7.91. The van der Waals surface area contributed by atoms with Crippen LogP contribution in [0, 0.1) is 5.21 Å². The number of para-hydroxylation sites is 1. The van der Waals surface area contributed by atoms with E-state index in [-0.39, 0.29) is 4.90 Å². The summed E-state index contributed by atoms with van der Waals surface area (Å²) in [5, 5.41) is 11.8. The van der Waals surface area contributed by atoms with Gasteiger partial charge in [-0.25, -0.2) is 8.42 Å². The molecule has 0 saturated carbocycles. The van der Waals surface area contributed by atoms with Gasteiger partial charge < -0.3 is 5.21 Å². The second-order valence-electron chi connectivity index (χ2n) is 3.30. The van der Waals surface area contributed by atoms with Crippen molar-refractivity contribution in [1.29, 1.82) is 0 Å². The Kier molecular flexibility index (Phi) is 2.12. The summed E-state index contributed by atoms with van der Waals surface area (Å²) in [6, 6.07) is 7.95. The van der Waals surface area contributed by atoms with Gasteiger partial charge in [0.1, 0.15) is 0 Å². The lowest BCUT2D eigenvalue weighted by Crippen LogP contribution is -2.26. The van der Waals surface area contributed by atoms with E-state index in [0.717, 1.165) is 6.26 Å². The van der Waals surface area contributed by atoms with Crippen LogP contribution in [0.25, 0.3) is 10.9 Å². The standard InChI is InChI=1S/C10H9NO3S/c1-15(13,14)10-6-7-11(12)9-5-3-2-4-8(9)10/h2-7H,1H3. The fourth-order valence-corrected chi connectivity index (χ4v) is 2.38. The molecule has 15 heavy (non-hydrogen) atoms. The number of aromatic nitrogens is 1. The van der Waals surface area contributed by atoms with Crippen molar-refractivity contribution in [2.24, 2.45) is 0 Å². The summed E-state index contributed by atoms with van der Waals surface area (Å²) in [4.78, 5) is 0.185. The molecule has 0 aliphatic carbocycles. The minimum absolute atomic E-state index is 0.185. The molecule has 0 unspecified atom stereocenters. The predicted molar refractivity (Wildman–Crippen MR) is 56.0 cm³/mol. The van der Waals surface area contributed by atoms with Crippen molar-refractivity contribution in [3.05, 3.63) is 41.7 Å². The molecule has 78 valence electrons. The molecule has 5 heteroatoms. The first-order chi connectivity index (χ1) is 7.00. The van der Waals surface area contributed by atoms with Crippen LogP contribution in [0.4, 0.5) is 0 Å². The summed E-state index contributed by atoms with van der Waals surface area (Å²) in [6.45, 7) is 0. The summed E-state index contributed by atoms with van der Waals surface area (Å²) >= 11 is 0. The molecule has 0 N–H and O–H groups in total. The van der Waals surface area contributed by atoms with E-state index >= 15 is 0 Å². The van der Waals surface area contributed by atoms with Crippen LogP contribution in [0.3, 0.4) is 0 Å². The highest BCUT2D eigenvalue weighted by Gasteiger charge is 2.15. The van der Waals surface area contributed by atoms with Crippen LogP contribution in [0.15, 0.2) is 41.4 Å². The Labute approximate surface area is 87.3 Å². The normalized spacial score (nSPS) is 11.8. The fraction of sp³-hybridized carbons (Fsp3) is 0.100. The Morgan fingerprint density at radius 2 is 1.87 bits per heavy atom. The van der Waals surface area contributed by atoms with Crippen molar-refractivity contribution in [3.8, 4) is 0 Å². The first kappa shape index (κ1) is 9.92. The lowest BCUT2D eigenvalue weighted by Gasteiger charge is -2.04. The van der Waals surface area contributed by atoms with Gasteiger partial charge in [0.2, 0.25) is 5.52 Å². The SMILES string of the molecule is CS(=O)(=O)c1cc[n+]([O-])c2ccccc12. The van der Waals surface area contributed by atoms with Crippen LogP contribution in [0.1, 0.15) is 0 Å². The van der Waals surface area contributed by atoms with Crippen molar-refractivity contribution in [2.75, 3.05) is 6.26 Å². The molecule has 0 amide bonds. The van der Waals surface area contributed by atoms with Gasteiger partial charge in [-0.1, -0.05) is 12.1 Å². The topological polar surface area (TPSA) is 61.1 Å². The summed E-state index contributed by atoms with van der Waals surface area (Å²) in [5.41, 5.74) is 0.362. The van der Waals surface area contributed by atoms with E-state index in [4.69, 9.17) is 0 Å². The van der Waals surface area contributed by atoms with Gasteiger partial charge in [-0.15, -0.1) is 0 Å². The third-order valence-electron chi connectivity index (χ3n) is 2.17. The molecule has 2 aromatic rings. The van der Waals surface area contributed by atoms with Crippen molar-refractivity contribution < 1.29 is 13.1 Å².